The van der Waals surface area contributed by atoms with E-state index in [4.69, 9.17) is 11.6 Å². The van der Waals surface area contributed by atoms with Gasteiger partial charge in [0.05, 0.1) is 6.10 Å². The first-order valence-corrected chi connectivity index (χ1v) is 6.56. The van der Waals surface area contributed by atoms with Crippen molar-refractivity contribution in [2.45, 2.75) is 22.8 Å². The van der Waals surface area contributed by atoms with E-state index in [1.54, 1.807) is 18.7 Å². The van der Waals surface area contributed by atoms with Gasteiger partial charge in [0.2, 0.25) is 0 Å². The predicted octanol–water partition coefficient (Wildman–Crippen LogP) is 4.54. The maximum atomic E-state index is 9.70. The maximum Gasteiger partial charge on any atom is 0.0772 e. The minimum atomic E-state index is -0.460. The van der Waals surface area contributed by atoms with Gasteiger partial charge in [-0.15, -0.1) is 0 Å². The van der Waals surface area contributed by atoms with Crippen LogP contribution in [0.15, 0.2) is 58.3 Å². The summed E-state index contributed by atoms with van der Waals surface area (Å²) in [6.07, 6.45) is -0.460. The standard InChI is InChI=1S/C14H13ClOS/c1-10(16)13-7-2-3-8-14(13)17-12-6-4-5-11(15)9-12/h2-10,16H,1H3/t10-/m0/s1. The van der Waals surface area contributed by atoms with Crippen molar-refractivity contribution >= 4 is 23.4 Å². The molecular formula is C14H13ClOS. The molecular weight excluding hydrogens is 252 g/mol. The molecule has 0 saturated heterocycles. The van der Waals surface area contributed by atoms with Crippen LogP contribution in [-0.2, 0) is 0 Å². The van der Waals surface area contributed by atoms with Crippen molar-refractivity contribution in [3.8, 4) is 0 Å². The molecule has 2 aromatic carbocycles. The third kappa shape index (κ3) is 3.25. The molecule has 0 aromatic heterocycles. The van der Waals surface area contributed by atoms with Crippen molar-refractivity contribution in [2.24, 2.45) is 0 Å². The summed E-state index contributed by atoms with van der Waals surface area (Å²) < 4.78 is 0. The van der Waals surface area contributed by atoms with Crippen molar-refractivity contribution in [2.75, 3.05) is 0 Å². The summed E-state index contributed by atoms with van der Waals surface area (Å²) >= 11 is 7.56. The Morgan fingerprint density at radius 1 is 1.12 bits per heavy atom. The second-order valence-electron chi connectivity index (χ2n) is 3.77. The molecule has 0 aliphatic carbocycles. The molecule has 0 heterocycles. The number of hydrogen-bond acceptors (Lipinski definition) is 2. The molecule has 0 fully saturated rings. The zero-order valence-electron chi connectivity index (χ0n) is 9.43. The zero-order valence-corrected chi connectivity index (χ0v) is 11.0. The third-order valence-corrected chi connectivity index (χ3v) is 3.71. The Balaban J connectivity index is 2.30. The van der Waals surface area contributed by atoms with Crippen LogP contribution in [0.25, 0.3) is 0 Å². The first-order chi connectivity index (χ1) is 8.16. The molecule has 2 rings (SSSR count). The topological polar surface area (TPSA) is 20.2 Å². The number of halogens is 1. The smallest absolute Gasteiger partial charge is 0.0772 e. The molecule has 1 N–H and O–H groups in total. The summed E-state index contributed by atoms with van der Waals surface area (Å²) in [7, 11) is 0. The van der Waals surface area contributed by atoms with Crippen LogP contribution in [0.3, 0.4) is 0 Å². The van der Waals surface area contributed by atoms with Crippen molar-refractivity contribution in [1.29, 1.82) is 0 Å². The summed E-state index contributed by atoms with van der Waals surface area (Å²) in [5.74, 6) is 0. The van der Waals surface area contributed by atoms with Crippen LogP contribution in [0.2, 0.25) is 5.02 Å². The normalized spacial score (nSPS) is 12.4. The molecule has 0 amide bonds. The monoisotopic (exact) mass is 264 g/mol. The second-order valence-corrected chi connectivity index (χ2v) is 5.33. The number of aliphatic hydroxyl groups excluding tert-OH is 1. The first kappa shape index (κ1) is 12.5. The molecule has 17 heavy (non-hydrogen) atoms. The van der Waals surface area contributed by atoms with Crippen LogP contribution in [0.5, 0.6) is 0 Å². The fraction of sp³-hybridized carbons (Fsp3) is 0.143. The van der Waals surface area contributed by atoms with Gasteiger partial charge >= 0.3 is 0 Å². The molecule has 1 atom stereocenters. The summed E-state index contributed by atoms with van der Waals surface area (Å²) in [6, 6.07) is 15.6. The Morgan fingerprint density at radius 2 is 1.88 bits per heavy atom. The second kappa shape index (κ2) is 5.58. The molecule has 0 spiro atoms. The van der Waals surface area contributed by atoms with Gasteiger partial charge in [0.15, 0.2) is 0 Å². The average molecular weight is 265 g/mol. The Bertz CT molecular complexity index is 511. The van der Waals surface area contributed by atoms with E-state index in [0.717, 1.165) is 20.4 Å². The van der Waals surface area contributed by atoms with Gasteiger partial charge < -0.3 is 5.11 Å². The molecule has 0 unspecified atom stereocenters. The van der Waals surface area contributed by atoms with E-state index in [9.17, 15) is 5.11 Å². The quantitative estimate of drug-likeness (QED) is 0.878. The van der Waals surface area contributed by atoms with Gasteiger partial charge in [0.25, 0.3) is 0 Å². The fourth-order valence-corrected chi connectivity index (χ4v) is 2.92. The van der Waals surface area contributed by atoms with E-state index in [-0.39, 0.29) is 0 Å². The first-order valence-electron chi connectivity index (χ1n) is 5.37. The van der Waals surface area contributed by atoms with Crippen LogP contribution in [0, 0.1) is 0 Å². The zero-order chi connectivity index (χ0) is 12.3. The highest BCUT2D eigenvalue weighted by molar-refractivity contribution is 7.99. The maximum absolute atomic E-state index is 9.70. The Labute approximate surface area is 110 Å². The molecule has 0 saturated carbocycles. The largest absolute Gasteiger partial charge is 0.389 e. The molecule has 0 aliphatic rings. The summed E-state index contributed by atoms with van der Waals surface area (Å²) in [4.78, 5) is 2.13. The van der Waals surface area contributed by atoms with Crippen molar-refractivity contribution < 1.29 is 5.11 Å². The van der Waals surface area contributed by atoms with E-state index in [1.165, 1.54) is 0 Å². The molecule has 0 radical (unpaired) electrons. The van der Waals surface area contributed by atoms with Crippen LogP contribution >= 0.6 is 23.4 Å². The third-order valence-electron chi connectivity index (χ3n) is 2.39. The highest BCUT2D eigenvalue weighted by atomic mass is 35.5. The minimum Gasteiger partial charge on any atom is -0.389 e. The fourth-order valence-electron chi connectivity index (χ4n) is 1.58. The lowest BCUT2D eigenvalue weighted by molar-refractivity contribution is 0.196. The lowest BCUT2D eigenvalue weighted by Gasteiger charge is -2.11. The Kier molecular flexibility index (Phi) is 4.11. The number of hydrogen-bond donors (Lipinski definition) is 1. The van der Waals surface area contributed by atoms with Gasteiger partial charge in [-0.25, -0.2) is 0 Å². The molecule has 2 aromatic rings. The Hall–Kier alpha value is -0.960. The van der Waals surface area contributed by atoms with Crippen molar-refractivity contribution in [3.63, 3.8) is 0 Å². The van der Waals surface area contributed by atoms with E-state index in [2.05, 4.69) is 0 Å². The Morgan fingerprint density at radius 3 is 2.59 bits per heavy atom. The van der Waals surface area contributed by atoms with Gasteiger partial charge in [-0.1, -0.05) is 47.6 Å². The van der Waals surface area contributed by atoms with Gasteiger partial charge in [-0.05, 0) is 36.8 Å². The van der Waals surface area contributed by atoms with Gasteiger partial charge in [-0.3, -0.25) is 0 Å². The summed E-state index contributed by atoms with van der Waals surface area (Å²) in [5, 5.41) is 10.4. The lowest BCUT2D eigenvalue weighted by Crippen LogP contribution is -1.93. The number of rotatable bonds is 3. The lowest BCUT2D eigenvalue weighted by atomic mass is 10.1. The number of aliphatic hydroxyl groups is 1. The van der Waals surface area contributed by atoms with Gasteiger partial charge in [0, 0.05) is 14.8 Å². The predicted molar refractivity (Wildman–Crippen MR) is 72.7 cm³/mol. The van der Waals surface area contributed by atoms with Gasteiger partial charge in [-0.2, -0.15) is 0 Å². The van der Waals surface area contributed by atoms with Crippen LogP contribution < -0.4 is 0 Å². The average Bonchev–Trinajstić information content (AvgIpc) is 2.29. The molecule has 0 bridgehead atoms. The molecule has 88 valence electrons. The number of benzene rings is 2. The summed E-state index contributed by atoms with van der Waals surface area (Å²) in [5.41, 5.74) is 0.942. The van der Waals surface area contributed by atoms with Crippen molar-refractivity contribution in [1.82, 2.24) is 0 Å². The van der Waals surface area contributed by atoms with E-state index in [1.807, 2.05) is 48.5 Å². The highest BCUT2D eigenvalue weighted by Crippen LogP contribution is 2.34. The molecule has 0 aliphatic heterocycles. The van der Waals surface area contributed by atoms with Crippen LogP contribution in [0.1, 0.15) is 18.6 Å². The molecule has 3 heteroatoms. The van der Waals surface area contributed by atoms with E-state index >= 15 is 0 Å². The van der Waals surface area contributed by atoms with Crippen LogP contribution in [0.4, 0.5) is 0 Å². The molecule has 1 nitrogen and oxygen atoms in total. The SMILES string of the molecule is C[C@H](O)c1ccccc1Sc1cccc(Cl)c1. The summed E-state index contributed by atoms with van der Waals surface area (Å²) in [6.45, 7) is 1.78. The highest BCUT2D eigenvalue weighted by Gasteiger charge is 2.08. The van der Waals surface area contributed by atoms with Crippen LogP contribution in [-0.4, -0.2) is 5.11 Å². The van der Waals surface area contributed by atoms with Gasteiger partial charge in [0.1, 0.15) is 0 Å². The van der Waals surface area contributed by atoms with E-state index in [0.29, 0.717) is 0 Å². The van der Waals surface area contributed by atoms with Crippen molar-refractivity contribution in [3.05, 3.63) is 59.1 Å². The van der Waals surface area contributed by atoms with E-state index < -0.39 is 6.10 Å². The minimum absolute atomic E-state index is 0.460.